The van der Waals surface area contributed by atoms with Crippen LogP contribution in [0.4, 0.5) is 10.1 Å². The number of nitrogens with one attached hydrogen (secondary N) is 2. The van der Waals surface area contributed by atoms with Crippen molar-refractivity contribution in [3.05, 3.63) is 79.4 Å². The highest BCUT2D eigenvalue weighted by Gasteiger charge is 2.15. The second-order valence-electron chi connectivity index (χ2n) is 6.35. The van der Waals surface area contributed by atoms with Gasteiger partial charge in [-0.25, -0.2) is 9.37 Å². The van der Waals surface area contributed by atoms with Gasteiger partial charge in [0.2, 0.25) is 0 Å². The van der Waals surface area contributed by atoms with Crippen molar-refractivity contribution in [3.8, 4) is 28.0 Å². The van der Waals surface area contributed by atoms with Crippen molar-refractivity contribution in [2.45, 2.75) is 0 Å². The number of anilines is 1. The molecule has 2 aromatic carbocycles. The van der Waals surface area contributed by atoms with E-state index in [2.05, 4.69) is 34.0 Å². The van der Waals surface area contributed by atoms with Gasteiger partial charge in [-0.05, 0) is 35.9 Å². The highest BCUT2D eigenvalue weighted by Crippen LogP contribution is 2.37. The second kappa shape index (κ2) is 9.52. The smallest absolute Gasteiger partial charge is 0.165 e. The third-order valence-electron chi connectivity index (χ3n) is 4.57. The third kappa shape index (κ3) is 4.22. The molecule has 4 aromatic rings. The van der Waals surface area contributed by atoms with E-state index < -0.39 is 0 Å². The first-order chi connectivity index (χ1) is 14.6. The van der Waals surface area contributed by atoms with Crippen LogP contribution in [-0.2, 0) is 4.79 Å². The molecule has 152 valence electrons. The first-order valence-electron chi connectivity index (χ1n) is 9.27. The molecular weight excluding hydrogens is 381 g/mol. The average molecular weight is 403 g/mol. The van der Waals surface area contributed by atoms with Gasteiger partial charge in [-0.15, -0.1) is 0 Å². The Morgan fingerprint density at radius 3 is 2.60 bits per heavy atom. The maximum Gasteiger partial charge on any atom is 0.165 e. The van der Waals surface area contributed by atoms with Crippen LogP contribution < -0.4 is 10.1 Å². The molecule has 0 unspecified atom stereocenters. The molecule has 0 atom stereocenters. The van der Waals surface area contributed by atoms with Gasteiger partial charge in [0.25, 0.3) is 0 Å². The Morgan fingerprint density at radius 2 is 1.90 bits per heavy atom. The van der Waals surface area contributed by atoms with E-state index in [0.717, 1.165) is 33.4 Å². The predicted octanol–water partition coefficient (Wildman–Crippen LogP) is 5.46. The van der Waals surface area contributed by atoms with E-state index >= 15 is 0 Å². The Bertz CT molecular complexity index is 1180. The number of methoxy groups -OCH3 is 1. The van der Waals surface area contributed by atoms with Crippen molar-refractivity contribution < 1.29 is 13.9 Å². The van der Waals surface area contributed by atoms with Gasteiger partial charge in [0.05, 0.1) is 7.11 Å². The van der Waals surface area contributed by atoms with Crippen molar-refractivity contribution in [1.82, 2.24) is 9.97 Å². The molecule has 6 heteroatoms. The van der Waals surface area contributed by atoms with Gasteiger partial charge in [0, 0.05) is 47.2 Å². The summed E-state index contributed by atoms with van der Waals surface area (Å²) in [5.41, 5.74) is 5.39. The Kier molecular flexibility index (Phi) is 6.60. The molecule has 4 rings (SSSR count). The minimum Gasteiger partial charge on any atom is -0.493 e. The quantitative estimate of drug-likeness (QED) is 0.343. The molecule has 0 saturated carbocycles. The van der Waals surface area contributed by atoms with E-state index in [-0.39, 0.29) is 11.6 Å². The van der Waals surface area contributed by atoms with Crippen LogP contribution in [0.15, 0.2) is 73.6 Å². The molecule has 0 bridgehead atoms. The fourth-order valence-corrected chi connectivity index (χ4v) is 3.17. The van der Waals surface area contributed by atoms with E-state index in [4.69, 9.17) is 9.53 Å². The molecule has 2 heterocycles. The molecule has 0 aliphatic rings. The lowest BCUT2D eigenvalue weighted by molar-refractivity contribution is -0.104. The number of carbonyl (C=O) groups is 1. The number of fused-ring (bicyclic) bond motifs is 1. The van der Waals surface area contributed by atoms with E-state index in [9.17, 15) is 4.39 Å². The summed E-state index contributed by atoms with van der Waals surface area (Å²) in [5, 5.41) is 4.06. The Labute approximate surface area is 174 Å². The zero-order valence-electron chi connectivity index (χ0n) is 16.8. The molecular formula is C24H22FN3O2. The maximum absolute atomic E-state index is 14.1. The minimum atomic E-state index is -0.384. The normalized spacial score (nSPS) is 10.1. The summed E-state index contributed by atoms with van der Waals surface area (Å²) < 4.78 is 19.4. The van der Waals surface area contributed by atoms with Crippen LogP contribution in [0.2, 0.25) is 0 Å². The lowest BCUT2D eigenvalue weighted by Crippen LogP contribution is -1.91. The summed E-state index contributed by atoms with van der Waals surface area (Å²) in [4.78, 5) is 16.7. The molecule has 0 amide bonds. The number of rotatable bonds is 5. The number of hydrogen-bond donors (Lipinski definition) is 2. The van der Waals surface area contributed by atoms with Crippen LogP contribution in [-0.4, -0.2) is 30.4 Å². The molecule has 2 N–H and O–H groups in total. The number of para-hydroxylation sites is 1. The first kappa shape index (κ1) is 20.8. The first-order valence-corrected chi connectivity index (χ1v) is 9.27. The largest absolute Gasteiger partial charge is 0.493 e. The van der Waals surface area contributed by atoms with Gasteiger partial charge in [0.15, 0.2) is 11.6 Å². The van der Waals surface area contributed by atoms with Gasteiger partial charge in [-0.3, -0.25) is 4.79 Å². The van der Waals surface area contributed by atoms with E-state index in [1.165, 1.54) is 19.3 Å². The molecule has 0 aliphatic heterocycles. The van der Waals surface area contributed by atoms with Crippen molar-refractivity contribution in [3.63, 3.8) is 0 Å². The molecule has 0 saturated heterocycles. The minimum absolute atomic E-state index is 0.232. The van der Waals surface area contributed by atoms with Crippen LogP contribution in [0.3, 0.4) is 0 Å². The van der Waals surface area contributed by atoms with Crippen LogP contribution in [0.25, 0.3) is 33.3 Å². The topological polar surface area (TPSA) is 67.0 Å². The SMILES string of the molecule is C=CC=O.CNc1cccc(-c2cnc3[nH]cc(-c4cccc(F)c4OC)c3c2)c1. The van der Waals surface area contributed by atoms with Crippen molar-refractivity contribution in [1.29, 1.82) is 0 Å². The average Bonchev–Trinajstić information content (AvgIpc) is 3.22. The monoisotopic (exact) mass is 403 g/mol. The number of allylic oxidation sites excluding steroid dienone is 1. The fraction of sp³-hybridized carbons (Fsp3) is 0.0833. The molecule has 2 aromatic heterocycles. The molecule has 0 aliphatic carbocycles. The number of aldehydes is 1. The maximum atomic E-state index is 14.1. The summed E-state index contributed by atoms with van der Waals surface area (Å²) in [5.74, 6) is -0.152. The summed E-state index contributed by atoms with van der Waals surface area (Å²) in [6.07, 6.45) is 5.50. The van der Waals surface area contributed by atoms with Gasteiger partial charge in [0.1, 0.15) is 11.9 Å². The lowest BCUT2D eigenvalue weighted by atomic mass is 10.0. The molecule has 0 spiro atoms. The van der Waals surface area contributed by atoms with Crippen LogP contribution in [0.1, 0.15) is 0 Å². The number of pyridine rings is 1. The standard InChI is InChI=1S/C21H18FN3O.C3H4O/c1-23-15-6-3-5-13(9-15)14-10-17-18(12-25-21(17)24-11-14)16-7-4-8-19(22)20(16)26-2;1-2-3-4/h3-12,23H,1-2H3,(H,24,25);2-3H,1H2. The number of hydrogen-bond acceptors (Lipinski definition) is 4. The molecule has 5 nitrogen and oxygen atoms in total. The Balaban J connectivity index is 0.000000589. The zero-order valence-corrected chi connectivity index (χ0v) is 16.8. The summed E-state index contributed by atoms with van der Waals surface area (Å²) >= 11 is 0. The van der Waals surface area contributed by atoms with Crippen molar-refractivity contribution in [2.75, 3.05) is 19.5 Å². The van der Waals surface area contributed by atoms with Crippen LogP contribution in [0, 0.1) is 5.82 Å². The van der Waals surface area contributed by atoms with Crippen molar-refractivity contribution >= 4 is 23.0 Å². The number of aromatic amines is 1. The number of benzene rings is 2. The number of nitrogens with zero attached hydrogens (tertiary/aromatic N) is 1. The zero-order chi connectivity index (χ0) is 21.5. The van der Waals surface area contributed by atoms with Crippen molar-refractivity contribution in [2.24, 2.45) is 0 Å². The number of carbonyl (C=O) groups excluding carboxylic acids is 1. The molecule has 0 radical (unpaired) electrons. The number of halogens is 1. The number of ether oxygens (including phenoxy) is 1. The highest BCUT2D eigenvalue weighted by molar-refractivity contribution is 5.97. The van der Waals surface area contributed by atoms with Gasteiger partial charge in [-0.1, -0.05) is 30.8 Å². The third-order valence-corrected chi connectivity index (χ3v) is 4.57. The van der Waals surface area contributed by atoms with E-state index in [0.29, 0.717) is 11.8 Å². The fourth-order valence-electron chi connectivity index (χ4n) is 3.17. The second-order valence-corrected chi connectivity index (χ2v) is 6.35. The summed E-state index contributed by atoms with van der Waals surface area (Å²) in [6, 6.07) is 15.1. The Hall–Kier alpha value is -3.93. The number of H-pyrrole nitrogens is 1. The van der Waals surface area contributed by atoms with Gasteiger partial charge < -0.3 is 15.0 Å². The Morgan fingerprint density at radius 1 is 1.13 bits per heavy atom. The van der Waals surface area contributed by atoms with Crippen LogP contribution in [0.5, 0.6) is 5.75 Å². The van der Waals surface area contributed by atoms with Crippen LogP contribution >= 0.6 is 0 Å². The highest BCUT2D eigenvalue weighted by atomic mass is 19.1. The van der Waals surface area contributed by atoms with E-state index in [1.807, 2.05) is 43.7 Å². The van der Waals surface area contributed by atoms with Gasteiger partial charge >= 0.3 is 0 Å². The molecule has 0 fully saturated rings. The number of aromatic nitrogens is 2. The van der Waals surface area contributed by atoms with E-state index in [1.54, 1.807) is 6.07 Å². The lowest BCUT2D eigenvalue weighted by Gasteiger charge is -2.09. The summed E-state index contributed by atoms with van der Waals surface area (Å²) in [6.45, 7) is 3.11. The summed E-state index contributed by atoms with van der Waals surface area (Å²) in [7, 11) is 3.37. The molecule has 30 heavy (non-hydrogen) atoms. The van der Waals surface area contributed by atoms with Gasteiger partial charge in [-0.2, -0.15) is 0 Å². The predicted molar refractivity (Wildman–Crippen MR) is 119 cm³/mol.